The number of rotatable bonds is 2. The molecule has 1 N–H and O–H groups in total. The van der Waals surface area contributed by atoms with E-state index in [0.29, 0.717) is 18.3 Å². The number of carbonyl (C=O) groups excluding carboxylic acids is 1. The Morgan fingerprint density at radius 2 is 1.87 bits per heavy atom. The first-order chi connectivity index (χ1) is 11.1. The Labute approximate surface area is 141 Å². The van der Waals surface area contributed by atoms with E-state index in [2.05, 4.69) is 29.6 Å². The van der Waals surface area contributed by atoms with Crippen molar-refractivity contribution in [1.82, 2.24) is 10.2 Å². The van der Waals surface area contributed by atoms with Crippen LogP contribution in [0.2, 0.25) is 0 Å². The molecule has 0 aromatic heterocycles. The number of hydrogen-bond donors (Lipinski definition) is 1. The van der Waals surface area contributed by atoms with Crippen molar-refractivity contribution in [2.45, 2.75) is 12.8 Å². The zero-order valence-electron chi connectivity index (χ0n) is 13.1. The fourth-order valence-electron chi connectivity index (χ4n) is 2.69. The first-order valence-corrected chi connectivity index (χ1v) is 8.22. The van der Waals surface area contributed by atoms with Crippen LogP contribution in [0.1, 0.15) is 18.4 Å². The van der Waals surface area contributed by atoms with Crippen LogP contribution in [0.3, 0.4) is 0 Å². The van der Waals surface area contributed by atoms with Gasteiger partial charge < -0.3 is 15.0 Å². The molecule has 0 radical (unpaired) electrons. The van der Waals surface area contributed by atoms with E-state index in [4.69, 9.17) is 17.0 Å². The fraction of sp³-hybridized carbons (Fsp3) is 0.333. The molecule has 1 heterocycles. The molecule has 4 nitrogen and oxygen atoms in total. The number of thiocarbonyl (C=S) groups is 1. The lowest BCUT2D eigenvalue weighted by Gasteiger charge is -2.29. The smallest absolute Gasteiger partial charge is 0.233 e. The molecule has 1 amide bonds. The maximum Gasteiger partial charge on any atom is 0.233 e. The van der Waals surface area contributed by atoms with Crippen LogP contribution in [-0.2, 0) is 9.53 Å². The lowest BCUT2D eigenvalue weighted by molar-refractivity contribution is -0.120. The predicted octanol–water partition coefficient (Wildman–Crippen LogP) is 2.68. The normalized spacial score (nSPS) is 16.1. The predicted molar refractivity (Wildman–Crippen MR) is 95.5 cm³/mol. The van der Waals surface area contributed by atoms with E-state index in [1.807, 2.05) is 30.0 Å². The van der Waals surface area contributed by atoms with E-state index in [1.165, 1.54) is 5.39 Å². The minimum atomic E-state index is -0.251. The minimum absolute atomic E-state index is 0.0724. The highest BCUT2D eigenvalue weighted by Crippen LogP contribution is 2.21. The van der Waals surface area contributed by atoms with Gasteiger partial charge in [0.05, 0.1) is 19.1 Å². The molecule has 1 aliphatic heterocycles. The summed E-state index contributed by atoms with van der Waals surface area (Å²) in [5.74, 6) is -0.324. The van der Waals surface area contributed by atoms with E-state index in [0.717, 1.165) is 24.0 Å². The molecule has 1 fully saturated rings. The van der Waals surface area contributed by atoms with Crippen LogP contribution in [-0.4, -0.2) is 42.2 Å². The molecule has 0 unspecified atom stereocenters. The highest BCUT2D eigenvalue weighted by atomic mass is 32.1. The lowest BCUT2D eigenvalue weighted by Crippen LogP contribution is -2.48. The number of morpholine rings is 1. The topological polar surface area (TPSA) is 41.6 Å². The Bertz CT molecular complexity index is 726. The first-order valence-electron chi connectivity index (χ1n) is 7.81. The molecule has 1 atom stereocenters. The van der Waals surface area contributed by atoms with Crippen LogP contribution >= 0.6 is 12.2 Å². The zero-order valence-corrected chi connectivity index (χ0v) is 13.9. The summed E-state index contributed by atoms with van der Waals surface area (Å²) in [6, 6.07) is 14.3. The number of ether oxygens (including phenoxy) is 1. The molecule has 0 aliphatic carbocycles. The van der Waals surface area contributed by atoms with E-state index in [-0.39, 0.29) is 11.8 Å². The van der Waals surface area contributed by atoms with Gasteiger partial charge in [0, 0.05) is 13.1 Å². The maximum atomic E-state index is 12.5. The van der Waals surface area contributed by atoms with Gasteiger partial charge in [-0.2, -0.15) is 0 Å². The van der Waals surface area contributed by atoms with Crippen molar-refractivity contribution in [3.63, 3.8) is 0 Å². The molecule has 1 saturated heterocycles. The van der Waals surface area contributed by atoms with Crippen LogP contribution < -0.4 is 5.32 Å². The molecular formula is C18H20N2O2S. The molecule has 2 aromatic carbocycles. The second-order valence-corrected chi connectivity index (χ2v) is 6.11. The summed E-state index contributed by atoms with van der Waals surface area (Å²) in [5.41, 5.74) is 0.992. The van der Waals surface area contributed by atoms with E-state index >= 15 is 0 Å². The standard InChI is InChI=1S/C18H20N2O2S/c1-13(15-7-6-14-4-2-3-5-16(14)12-15)17(21)19-18(23)20-8-10-22-11-9-20/h2-7,12-13H,8-11H2,1H3,(H,19,21,23)/t13-/m1/s1. The van der Waals surface area contributed by atoms with Crippen molar-refractivity contribution in [2.75, 3.05) is 26.3 Å². The summed E-state index contributed by atoms with van der Waals surface area (Å²) < 4.78 is 5.30. The molecule has 0 saturated carbocycles. The number of hydrogen-bond acceptors (Lipinski definition) is 3. The summed E-state index contributed by atoms with van der Waals surface area (Å²) >= 11 is 5.33. The molecule has 5 heteroatoms. The highest BCUT2D eigenvalue weighted by Gasteiger charge is 2.20. The third kappa shape index (κ3) is 3.68. The number of fused-ring (bicyclic) bond motifs is 1. The van der Waals surface area contributed by atoms with Crippen LogP contribution in [0, 0.1) is 0 Å². The number of benzene rings is 2. The fourth-order valence-corrected chi connectivity index (χ4v) is 2.97. The second-order valence-electron chi connectivity index (χ2n) is 5.72. The van der Waals surface area contributed by atoms with Gasteiger partial charge in [-0.3, -0.25) is 4.79 Å². The SMILES string of the molecule is C[C@@H](C(=O)NC(=S)N1CCOCC1)c1ccc2ccccc2c1. The minimum Gasteiger partial charge on any atom is -0.378 e. The van der Waals surface area contributed by atoms with Crippen LogP contribution in [0.4, 0.5) is 0 Å². The second kappa shape index (κ2) is 7.06. The Morgan fingerprint density at radius 3 is 2.61 bits per heavy atom. The monoisotopic (exact) mass is 328 g/mol. The molecule has 2 aromatic rings. The molecule has 0 spiro atoms. The van der Waals surface area contributed by atoms with Crippen molar-refractivity contribution < 1.29 is 9.53 Å². The van der Waals surface area contributed by atoms with E-state index < -0.39 is 0 Å². The third-order valence-corrected chi connectivity index (χ3v) is 4.56. The summed E-state index contributed by atoms with van der Waals surface area (Å²) in [5, 5.41) is 5.66. The molecular weight excluding hydrogens is 308 g/mol. The molecule has 3 rings (SSSR count). The van der Waals surface area contributed by atoms with Gasteiger partial charge in [-0.1, -0.05) is 42.5 Å². The van der Waals surface area contributed by atoms with Crippen LogP contribution in [0.25, 0.3) is 10.8 Å². The van der Waals surface area contributed by atoms with Crippen molar-refractivity contribution in [2.24, 2.45) is 0 Å². The lowest BCUT2D eigenvalue weighted by atomic mass is 9.97. The van der Waals surface area contributed by atoms with Crippen molar-refractivity contribution in [3.05, 3.63) is 48.0 Å². The number of nitrogens with one attached hydrogen (secondary N) is 1. The zero-order chi connectivity index (χ0) is 16.2. The molecule has 0 bridgehead atoms. The Morgan fingerprint density at radius 1 is 1.17 bits per heavy atom. The Balaban J connectivity index is 1.69. The Kier molecular flexibility index (Phi) is 4.88. The number of nitrogens with zero attached hydrogens (tertiary/aromatic N) is 1. The van der Waals surface area contributed by atoms with Gasteiger partial charge in [0.15, 0.2) is 5.11 Å². The number of amides is 1. The third-order valence-electron chi connectivity index (χ3n) is 4.20. The number of carbonyl (C=O) groups is 1. The average Bonchev–Trinajstić information content (AvgIpc) is 2.61. The van der Waals surface area contributed by atoms with Gasteiger partial charge in [0.25, 0.3) is 0 Å². The first kappa shape index (κ1) is 15.9. The van der Waals surface area contributed by atoms with Gasteiger partial charge >= 0.3 is 0 Å². The largest absolute Gasteiger partial charge is 0.378 e. The average molecular weight is 328 g/mol. The van der Waals surface area contributed by atoms with Crippen molar-refractivity contribution >= 4 is 34.0 Å². The van der Waals surface area contributed by atoms with E-state index in [1.54, 1.807) is 0 Å². The van der Waals surface area contributed by atoms with Crippen LogP contribution in [0.15, 0.2) is 42.5 Å². The molecule has 120 valence electrons. The maximum absolute atomic E-state index is 12.5. The van der Waals surface area contributed by atoms with E-state index in [9.17, 15) is 4.79 Å². The summed E-state index contributed by atoms with van der Waals surface area (Å²) in [6.07, 6.45) is 0. The van der Waals surface area contributed by atoms with Crippen LogP contribution in [0.5, 0.6) is 0 Å². The van der Waals surface area contributed by atoms with Gasteiger partial charge in [-0.25, -0.2) is 0 Å². The quantitative estimate of drug-likeness (QED) is 0.861. The summed E-state index contributed by atoms with van der Waals surface area (Å²) in [6.45, 7) is 4.65. The highest BCUT2D eigenvalue weighted by molar-refractivity contribution is 7.80. The van der Waals surface area contributed by atoms with Crippen molar-refractivity contribution in [3.8, 4) is 0 Å². The van der Waals surface area contributed by atoms with Crippen molar-refractivity contribution in [1.29, 1.82) is 0 Å². The van der Waals surface area contributed by atoms with Gasteiger partial charge in [-0.05, 0) is 35.5 Å². The van der Waals surface area contributed by atoms with Gasteiger partial charge in [0.1, 0.15) is 0 Å². The summed E-state index contributed by atoms with van der Waals surface area (Å²) in [7, 11) is 0. The molecule has 23 heavy (non-hydrogen) atoms. The summed E-state index contributed by atoms with van der Waals surface area (Å²) in [4.78, 5) is 14.5. The molecule has 1 aliphatic rings. The Hall–Kier alpha value is -1.98. The van der Waals surface area contributed by atoms with Gasteiger partial charge in [0.2, 0.25) is 5.91 Å². The van der Waals surface area contributed by atoms with Gasteiger partial charge in [-0.15, -0.1) is 0 Å².